The largest absolute Gasteiger partial charge is 0.493 e. The van der Waals surface area contributed by atoms with Crippen molar-refractivity contribution in [3.05, 3.63) is 59.2 Å². The molecule has 30 heavy (non-hydrogen) atoms. The van der Waals surface area contributed by atoms with Crippen LogP contribution in [0.15, 0.2) is 42.5 Å². The Morgan fingerprint density at radius 3 is 2.33 bits per heavy atom. The van der Waals surface area contributed by atoms with Gasteiger partial charge in [0.1, 0.15) is 0 Å². The average Bonchev–Trinajstić information content (AvgIpc) is 2.78. The molecule has 0 bridgehead atoms. The number of ether oxygens (including phenoxy) is 2. The van der Waals surface area contributed by atoms with E-state index in [1.165, 1.54) is 0 Å². The number of hydrogen-bond donors (Lipinski definition) is 0. The van der Waals surface area contributed by atoms with Crippen molar-refractivity contribution in [1.82, 2.24) is 9.80 Å². The highest BCUT2D eigenvalue weighted by molar-refractivity contribution is 5.95. The lowest BCUT2D eigenvalue weighted by molar-refractivity contribution is -0.132. The summed E-state index contributed by atoms with van der Waals surface area (Å²) < 4.78 is 10.9. The molecule has 0 saturated carbocycles. The van der Waals surface area contributed by atoms with Crippen LogP contribution in [0.25, 0.3) is 0 Å². The molecule has 6 heteroatoms. The van der Waals surface area contributed by atoms with E-state index in [0.717, 1.165) is 16.7 Å². The van der Waals surface area contributed by atoms with Crippen LogP contribution < -0.4 is 9.47 Å². The minimum Gasteiger partial charge on any atom is -0.493 e. The minimum atomic E-state index is 0.0432. The summed E-state index contributed by atoms with van der Waals surface area (Å²) in [5, 5.41) is 0. The van der Waals surface area contributed by atoms with Crippen LogP contribution in [-0.4, -0.2) is 61.5 Å². The van der Waals surface area contributed by atoms with Crippen LogP contribution >= 0.6 is 0 Å². The molecule has 0 N–H and O–H groups in total. The summed E-state index contributed by atoms with van der Waals surface area (Å²) in [4.78, 5) is 29.1. The van der Waals surface area contributed by atoms with Crippen molar-refractivity contribution in [2.24, 2.45) is 0 Å². The van der Waals surface area contributed by atoms with E-state index in [4.69, 9.17) is 9.47 Å². The topological polar surface area (TPSA) is 59.1 Å². The molecule has 160 valence electrons. The van der Waals surface area contributed by atoms with Gasteiger partial charge in [-0.1, -0.05) is 24.3 Å². The van der Waals surface area contributed by atoms with Crippen LogP contribution in [0.2, 0.25) is 0 Å². The Morgan fingerprint density at radius 1 is 0.967 bits per heavy atom. The molecule has 2 aromatic rings. The third-order valence-electron chi connectivity index (χ3n) is 5.45. The van der Waals surface area contributed by atoms with Crippen LogP contribution in [-0.2, 0) is 11.2 Å². The highest BCUT2D eigenvalue weighted by atomic mass is 16.5. The van der Waals surface area contributed by atoms with Crippen molar-refractivity contribution in [3.63, 3.8) is 0 Å². The summed E-state index contributed by atoms with van der Waals surface area (Å²) in [5.41, 5.74) is 2.76. The van der Waals surface area contributed by atoms with Gasteiger partial charge in [-0.2, -0.15) is 0 Å². The lowest BCUT2D eigenvalue weighted by atomic mass is 10.1. The number of amides is 2. The number of hydrogen-bond acceptors (Lipinski definition) is 4. The molecule has 1 saturated heterocycles. The quantitative estimate of drug-likeness (QED) is 0.703. The maximum Gasteiger partial charge on any atom is 0.254 e. The number of rotatable bonds is 7. The number of methoxy groups -OCH3 is 1. The van der Waals surface area contributed by atoms with Crippen molar-refractivity contribution in [2.45, 2.75) is 26.7 Å². The Labute approximate surface area is 178 Å². The van der Waals surface area contributed by atoms with Gasteiger partial charge in [0.05, 0.1) is 13.7 Å². The maximum atomic E-state index is 12.7. The summed E-state index contributed by atoms with van der Waals surface area (Å²) in [5.74, 6) is 1.56. The van der Waals surface area contributed by atoms with Gasteiger partial charge in [-0.25, -0.2) is 0 Å². The van der Waals surface area contributed by atoms with E-state index in [1.807, 2.05) is 66.1 Å². The standard InChI is InChI=1S/C24H30N2O4/c1-4-30-21-11-9-19(17-22(21)29-3)10-12-23(27)25-13-15-26(16-14-25)24(28)20-8-6-5-7-18(20)2/h5-9,11,17H,4,10,12-16H2,1-3H3. The Morgan fingerprint density at radius 2 is 1.67 bits per heavy atom. The van der Waals surface area contributed by atoms with E-state index >= 15 is 0 Å². The van der Waals surface area contributed by atoms with Crippen molar-refractivity contribution >= 4 is 11.8 Å². The number of piperazine rings is 1. The lowest BCUT2D eigenvalue weighted by Crippen LogP contribution is -2.50. The zero-order chi connectivity index (χ0) is 21.5. The number of benzene rings is 2. The molecule has 0 atom stereocenters. The molecule has 0 spiro atoms. The molecule has 1 heterocycles. The summed E-state index contributed by atoms with van der Waals surface area (Å²) in [6.45, 7) is 6.73. The third-order valence-corrected chi connectivity index (χ3v) is 5.45. The first-order valence-electron chi connectivity index (χ1n) is 10.5. The van der Waals surface area contributed by atoms with Crippen LogP contribution in [0.3, 0.4) is 0 Å². The number of carbonyl (C=O) groups is 2. The normalized spacial score (nSPS) is 13.8. The summed E-state index contributed by atoms with van der Waals surface area (Å²) in [7, 11) is 1.62. The molecule has 0 unspecified atom stereocenters. The Kier molecular flexibility index (Phi) is 7.33. The van der Waals surface area contributed by atoms with Gasteiger partial charge in [0, 0.05) is 38.2 Å². The Balaban J connectivity index is 1.51. The molecule has 0 radical (unpaired) electrons. The third kappa shape index (κ3) is 5.12. The maximum absolute atomic E-state index is 12.7. The van der Waals surface area contributed by atoms with Gasteiger partial charge in [0.2, 0.25) is 5.91 Å². The van der Waals surface area contributed by atoms with Crippen molar-refractivity contribution < 1.29 is 19.1 Å². The number of aryl methyl sites for hydroxylation is 2. The molecular weight excluding hydrogens is 380 g/mol. The van der Waals surface area contributed by atoms with E-state index in [1.54, 1.807) is 7.11 Å². The number of nitrogens with zero attached hydrogens (tertiary/aromatic N) is 2. The second kappa shape index (κ2) is 10.1. The Hall–Kier alpha value is -3.02. The fourth-order valence-corrected chi connectivity index (χ4v) is 3.69. The first kappa shape index (κ1) is 21.7. The van der Waals surface area contributed by atoms with Gasteiger partial charge in [-0.3, -0.25) is 9.59 Å². The van der Waals surface area contributed by atoms with Crippen LogP contribution in [0.5, 0.6) is 11.5 Å². The predicted molar refractivity (Wildman–Crippen MR) is 116 cm³/mol. The minimum absolute atomic E-state index is 0.0432. The molecule has 1 aliphatic heterocycles. The monoisotopic (exact) mass is 410 g/mol. The molecule has 0 aliphatic carbocycles. The zero-order valence-electron chi connectivity index (χ0n) is 18.0. The second-order valence-electron chi connectivity index (χ2n) is 7.41. The van der Waals surface area contributed by atoms with E-state index in [9.17, 15) is 9.59 Å². The van der Waals surface area contributed by atoms with Crippen LogP contribution in [0, 0.1) is 6.92 Å². The summed E-state index contributed by atoms with van der Waals surface area (Å²) in [6, 6.07) is 13.4. The van der Waals surface area contributed by atoms with Gasteiger partial charge in [-0.05, 0) is 49.6 Å². The Bertz CT molecular complexity index is 889. The lowest BCUT2D eigenvalue weighted by Gasteiger charge is -2.35. The fourth-order valence-electron chi connectivity index (χ4n) is 3.69. The van der Waals surface area contributed by atoms with Crippen molar-refractivity contribution in [3.8, 4) is 11.5 Å². The molecule has 2 aromatic carbocycles. The highest BCUT2D eigenvalue weighted by Gasteiger charge is 2.25. The van der Waals surface area contributed by atoms with E-state index in [-0.39, 0.29) is 11.8 Å². The fraction of sp³-hybridized carbons (Fsp3) is 0.417. The van der Waals surface area contributed by atoms with Gasteiger partial charge in [0.15, 0.2) is 11.5 Å². The molecule has 0 aromatic heterocycles. The number of carbonyl (C=O) groups excluding carboxylic acids is 2. The first-order chi connectivity index (χ1) is 14.5. The predicted octanol–water partition coefficient (Wildman–Crippen LogP) is 3.32. The molecule has 6 nitrogen and oxygen atoms in total. The van der Waals surface area contributed by atoms with Gasteiger partial charge >= 0.3 is 0 Å². The van der Waals surface area contributed by atoms with E-state index in [0.29, 0.717) is 57.1 Å². The van der Waals surface area contributed by atoms with E-state index < -0.39 is 0 Å². The first-order valence-corrected chi connectivity index (χ1v) is 10.5. The highest BCUT2D eigenvalue weighted by Crippen LogP contribution is 2.28. The second-order valence-corrected chi connectivity index (χ2v) is 7.41. The smallest absolute Gasteiger partial charge is 0.254 e. The average molecular weight is 411 g/mol. The summed E-state index contributed by atoms with van der Waals surface area (Å²) in [6.07, 6.45) is 1.08. The molecule has 1 fully saturated rings. The van der Waals surface area contributed by atoms with Gasteiger partial charge in [0.25, 0.3) is 5.91 Å². The van der Waals surface area contributed by atoms with Crippen molar-refractivity contribution in [2.75, 3.05) is 39.9 Å². The molecule has 3 rings (SSSR count). The van der Waals surface area contributed by atoms with Gasteiger partial charge < -0.3 is 19.3 Å². The van der Waals surface area contributed by atoms with Gasteiger partial charge in [-0.15, -0.1) is 0 Å². The van der Waals surface area contributed by atoms with Crippen LogP contribution in [0.4, 0.5) is 0 Å². The zero-order valence-corrected chi connectivity index (χ0v) is 18.0. The SMILES string of the molecule is CCOc1ccc(CCC(=O)N2CCN(C(=O)c3ccccc3C)CC2)cc1OC. The van der Waals surface area contributed by atoms with E-state index in [2.05, 4.69) is 0 Å². The summed E-state index contributed by atoms with van der Waals surface area (Å²) >= 11 is 0. The molecule has 1 aliphatic rings. The van der Waals surface area contributed by atoms with Crippen LogP contribution in [0.1, 0.15) is 34.8 Å². The molecule has 2 amide bonds. The molecular formula is C24H30N2O4. The van der Waals surface area contributed by atoms with Crippen molar-refractivity contribution in [1.29, 1.82) is 0 Å².